The van der Waals surface area contributed by atoms with Crippen molar-refractivity contribution in [2.45, 2.75) is 44.6 Å². The molecule has 1 aromatic heterocycles. The fourth-order valence-corrected chi connectivity index (χ4v) is 7.26. The van der Waals surface area contributed by atoms with Gasteiger partial charge in [0.15, 0.2) is 0 Å². The quantitative estimate of drug-likeness (QED) is 0.104. The van der Waals surface area contributed by atoms with Crippen molar-refractivity contribution in [3.05, 3.63) is 89.7 Å². The van der Waals surface area contributed by atoms with Crippen molar-refractivity contribution in [3.8, 4) is 11.3 Å². The number of hydrogen-bond acceptors (Lipinski definition) is 9. The molecule has 2 saturated heterocycles. The molecule has 58 heavy (non-hydrogen) atoms. The first kappa shape index (κ1) is 42.3. The third-order valence-electron chi connectivity index (χ3n) is 10.2. The van der Waals surface area contributed by atoms with Crippen LogP contribution in [0, 0.1) is 29.3 Å². The minimum absolute atomic E-state index is 0.0385. The summed E-state index contributed by atoms with van der Waals surface area (Å²) in [6.45, 7) is 2.92. The van der Waals surface area contributed by atoms with Crippen LogP contribution in [0.4, 0.5) is 27.2 Å². The monoisotopic (exact) mass is 813 g/mol. The molecule has 3 aromatic rings. The molecule has 5 amide bonds. The Labute approximate surface area is 332 Å². The number of carbonyl (C=O) groups is 4. The van der Waals surface area contributed by atoms with Crippen LogP contribution in [-0.4, -0.2) is 121 Å². The van der Waals surface area contributed by atoms with Gasteiger partial charge in [-0.15, -0.1) is 0 Å². The second-order valence-electron chi connectivity index (χ2n) is 14.5. The van der Waals surface area contributed by atoms with Crippen molar-refractivity contribution in [1.82, 2.24) is 35.3 Å². The minimum Gasteiger partial charge on any atom is -0.447 e. The number of carbonyl (C=O) groups excluding carboxylic acids is 4. The van der Waals surface area contributed by atoms with Gasteiger partial charge in [0.05, 0.1) is 37.5 Å². The summed E-state index contributed by atoms with van der Waals surface area (Å²) in [5.41, 5.74) is 0.547. The molecule has 3 aliphatic rings. The maximum Gasteiger partial charge on any atom is 0.407 e. The first-order chi connectivity index (χ1) is 28.0. The fraction of sp³-hybridized carbons (Fsp3) is 0.475. The van der Waals surface area contributed by atoms with Crippen LogP contribution in [0.25, 0.3) is 11.3 Å². The fourth-order valence-electron chi connectivity index (χ4n) is 7.26. The van der Waals surface area contributed by atoms with Gasteiger partial charge in [-0.25, -0.2) is 32.1 Å². The lowest BCUT2D eigenvalue weighted by atomic mass is 9.89. The highest BCUT2D eigenvalue weighted by molar-refractivity contribution is 6.12. The Morgan fingerprint density at radius 3 is 2.52 bits per heavy atom. The van der Waals surface area contributed by atoms with Gasteiger partial charge >= 0.3 is 12.1 Å². The molecule has 18 heteroatoms. The molecule has 0 unspecified atom stereocenters. The molecule has 2 aromatic carbocycles. The molecule has 0 spiro atoms. The van der Waals surface area contributed by atoms with Gasteiger partial charge < -0.3 is 39.6 Å². The summed E-state index contributed by atoms with van der Waals surface area (Å²) in [4.78, 5) is 57.6. The summed E-state index contributed by atoms with van der Waals surface area (Å²) in [5.74, 6) is -3.24. The van der Waals surface area contributed by atoms with Crippen LogP contribution in [0.1, 0.15) is 37.2 Å². The van der Waals surface area contributed by atoms with E-state index in [1.54, 1.807) is 29.8 Å². The number of amides is 5. The van der Waals surface area contributed by atoms with E-state index in [9.17, 15) is 28.0 Å². The van der Waals surface area contributed by atoms with Gasteiger partial charge in [0.1, 0.15) is 36.1 Å². The molecule has 2 fully saturated rings. The number of alkyl halides is 1. The van der Waals surface area contributed by atoms with Crippen molar-refractivity contribution in [2.75, 3.05) is 65.8 Å². The Bertz CT molecular complexity index is 1940. The standard InChI is InChI=1S/C40H47F4N7O7/c1-25(24-58-40(55)46-11-15-57-16-12-50-35(52)7-8-36(50)53)47-39(54)51(22-28-19-45-20-33(28)44)37(27-9-13-56-14-10-27)38-48-34(31-18-30(42)5-6-32(31)43)23-49(38)21-26-3-2-4-29(41)17-26/h2-8,17-18,23,25,27-28,33,37,45H,9-16,19-22,24H2,1H3,(H,46,55)(H,47,54)/t25-,28-,33-,37+/m0/s1. The average molecular weight is 814 g/mol. The van der Waals surface area contributed by atoms with Gasteiger partial charge in [0.2, 0.25) is 0 Å². The van der Waals surface area contributed by atoms with Gasteiger partial charge in [-0.3, -0.25) is 14.5 Å². The van der Waals surface area contributed by atoms with Gasteiger partial charge in [0.25, 0.3) is 11.8 Å². The van der Waals surface area contributed by atoms with Gasteiger partial charge in [0, 0.05) is 75.8 Å². The lowest BCUT2D eigenvalue weighted by Crippen LogP contribution is -2.52. The van der Waals surface area contributed by atoms with Gasteiger partial charge in [-0.2, -0.15) is 0 Å². The van der Waals surface area contributed by atoms with E-state index in [1.807, 2.05) is 0 Å². The second-order valence-corrected chi connectivity index (χ2v) is 14.5. The van der Waals surface area contributed by atoms with E-state index in [0.29, 0.717) is 44.0 Å². The van der Waals surface area contributed by atoms with E-state index in [1.165, 1.54) is 29.2 Å². The number of rotatable bonds is 17. The Morgan fingerprint density at radius 2 is 1.79 bits per heavy atom. The van der Waals surface area contributed by atoms with Crippen molar-refractivity contribution in [3.63, 3.8) is 0 Å². The van der Waals surface area contributed by atoms with Crippen LogP contribution in [0.2, 0.25) is 0 Å². The zero-order chi connectivity index (χ0) is 41.2. The van der Waals surface area contributed by atoms with Crippen molar-refractivity contribution in [2.24, 2.45) is 11.8 Å². The van der Waals surface area contributed by atoms with Crippen LogP contribution in [-0.2, 0) is 30.3 Å². The molecular weight excluding hydrogens is 766 g/mol. The number of benzene rings is 2. The molecule has 312 valence electrons. The van der Waals surface area contributed by atoms with E-state index in [-0.39, 0.29) is 69.7 Å². The van der Waals surface area contributed by atoms with Crippen molar-refractivity contribution >= 4 is 23.9 Å². The molecule has 4 heterocycles. The maximum atomic E-state index is 15.3. The largest absolute Gasteiger partial charge is 0.447 e. The highest BCUT2D eigenvalue weighted by atomic mass is 19.1. The molecule has 6 rings (SSSR count). The number of nitrogens with zero attached hydrogens (tertiary/aromatic N) is 4. The molecule has 0 radical (unpaired) electrons. The average Bonchev–Trinajstić information content (AvgIpc) is 3.90. The smallest absolute Gasteiger partial charge is 0.407 e. The lowest BCUT2D eigenvalue weighted by Gasteiger charge is -2.40. The van der Waals surface area contributed by atoms with E-state index in [4.69, 9.17) is 19.2 Å². The normalized spacial score (nSPS) is 19.4. The summed E-state index contributed by atoms with van der Waals surface area (Å²) >= 11 is 0. The van der Waals surface area contributed by atoms with E-state index in [2.05, 4.69) is 16.0 Å². The Balaban J connectivity index is 1.20. The summed E-state index contributed by atoms with van der Waals surface area (Å²) in [7, 11) is 0. The number of aromatic nitrogens is 2. The van der Waals surface area contributed by atoms with Gasteiger partial charge in [-0.1, -0.05) is 12.1 Å². The Hall–Kier alpha value is -5.33. The Kier molecular flexibility index (Phi) is 14.5. The van der Waals surface area contributed by atoms with E-state index in [0.717, 1.165) is 23.1 Å². The number of imidazole rings is 1. The molecule has 3 N–H and O–H groups in total. The summed E-state index contributed by atoms with van der Waals surface area (Å²) in [6, 6.07) is 6.81. The molecule has 14 nitrogen and oxygen atoms in total. The highest BCUT2D eigenvalue weighted by Gasteiger charge is 2.40. The molecule has 3 aliphatic heterocycles. The first-order valence-electron chi connectivity index (χ1n) is 19.2. The van der Waals surface area contributed by atoms with E-state index < -0.39 is 65.6 Å². The number of ether oxygens (including phenoxy) is 3. The summed E-state index contributed by atoms with van der Waals surface area (Å²) in [5, 5.41) is 8.46. The number of alkyl carbamates (subject to hydrolysis) is 1. The Morgan fingerprint density at radius 1 is 1.03 bits per heavy atom. The number of imide groups is 1. The molecular formula is C40H47F4N7O7. The third-order valence-corrected chi connectivity index (χ3v) is 10.2. The number of nitrogens with one attached hydrogen (secondary N) is 3. The molecule has 0 bridgehead atoms. The number of hydrogen-bond donors (Lipinski definition) is 3. The SMILES string of the molecule is C[C@@H](COC(=O)NCCOCCN1C(=O)C=CC1=O)NC(=O)N(C[C@@H]1CNC[C@@H]1F)[C@@H](c1nc(-c2cc(F)ccc2F)cn1Cc1cccc(F)c1)C1CCOCC1. The minimum atomic E-state index is -1.26. The lowest BCUT2D eigenvalue weighted by molar-refractivity contribution is -0.137. The summed E-state index contributed by atoms with van der Waals surface area (Å²) in [6.07, 6.45) is 2.87. The number of halogens is 4. The number of urea groups is 1. The zero-order valence-corrected chi connectivity index (χ0v) is 32.0. The van der Waals surface area contributed by atoms with Crippen LogP contribution in [0.3, 0.4) is 0 Å². The molecule has 0 saturated carbocycles. The molecule has 0 aliphatic carbocycles. The summed E-state index contributed by atoms with van der Waals surface area (Å²) < 4.78 is 77.5. The topological polar surface area (TPSA) is 156 Å². The van der Waals surface area contributed by atoms with Crippen LogP contribution in [0.15, 0.2) is 60.8 Å². The van der Waals surface area contributed by atoms with E-state index >= 15 is 8.78 Å². The molecule has 4 atom stereocenters. The van der Waals surface area contributed by atoms with Crippen molar-refractivity contribution < 1.29 is 51.0 Å². The predicted molar refractivity (Wildman–Crippen MR) is 201 cm³/mol. The van der Waals surface area contributed by atoms with Crippen molar-refractivity contribution in [1.29, 1.82) is 0 Å². The second kappa shape index (κ2) is 19.9. The zero-order valence-electron chi connectivity index (χ0n) is 32.0. The first-order valence-corrected chi connectivity index (χ1v) is 19.2. The van der Waals surface area contributed by atoms with Crippen LogP contribution >= 0.6 is 0 Å². The van der Waals surface area contributed by atoms with Crippen LogP contribution < -0.4 is 16.0 Å². The van der Waals surface area contributed by atoms with Crippen LogP contribution in [0.5, 0.6) is 0 Å². The highest BCUT2D eigenvalue weighted by Crippen LogP contribution is 2.38. The predicted octanol–water partition coefficient (Wildman–Crippen LogP) is 4.11. The third kappa shape index (κ3) is 11.0. The van der Waals surface area contributed by atoms with Gasteiger partial charge in [-0.05, 0) is 61.6 Å². The maximum absolute atomic E-state index is 15.3.